The highest BCUT2D eigenvalue weighted by Crippen LogP contribution is 2.11. The highest BCUT2D eigenvalue weighted by molar-refractivity contribution is 7.80. The Hall–Kier alpha value is -1.92. The van der Waals surface area contributed by atoms with Crippen LogP contribution in [0, 0.1) is 6.92 Å². The van der Waals surface area contributed by atoms with Crippen molar-refractivity contribution in [3.63, 3.8) is 0 Å². The van der Waals surface area contributed by atoms with Gasteiger partial charge in [0.05, 0.1) is 5.69 Å². The minimum atomic E-state index is 0.786. The summed E-state index contributed by atoms with van der Waals surface area (Å²) in [4.78, 5) is 4.74. The van der Waals surface area contributed by atoms with Crippen molar-refractivity contribution in [2.24, 2.45) is 7.05 Å². The SMILES string of the molecule is Cc1nn(C)cc1CN1CCN(C(=S)NCc2ccccc2)CC1. The van der Waals surface area contributed by atoms with Crippen LogP contribution in [0.15, 0.2) is 36.5 Å². The van der Waals surface area contributed by atoms with Crippen LogP contribution in [-0.4, -0.2) is 50.9 Å². The van der Waals surface area contributed by atoms with Crippen LogP contribution in [0.3, 0.4) is 0 Å². The van der Waals surface area contributed by atoms with Gasteiger partial charge < -0.3 is 10.2 Å². The van der Waals surface area contributed by atoms with Gasteiger partial charge in [0.2, 0.25) is 0 Å². The Bertz CT molecular complexity index is 674. The third-order valence-electron chi connectivity index (χ3n) is 4.46. The van der Waals surface area contributed by atoms with Crippen LogP contribution in [0.2, 0.25) is 0 Å². The summed E-state index contributed by atoms with van der Waals surface area (Å²) < 4.78 is 1.89. The lowest BCUT2D eigenvalue weighted by atomic mass is 10.2. The molecule has 0 aliphatic carbocycles. The Morgan fingerprint density at radius 3 is 2.50 bits per heavy atom. The summed E-state index contributed by atoms with van der Waals surface area (Å²) in [5, 5.41) is 8.65. The number of benzene rings is 1. The molecule has 6 heteroatoms. The monoisotopic (exact) mass is 343 g/mol. The standard InChI is InChI=1S/C18H25N5S/c1-15-17(13-21(2)20-15)14-22-8-10-23(11-9-22)18(24)19-12-16-6-4-3-5-7-16/h3-7,13H,8-12,14H2,1-2H3,(H,19,24). The second-order valence-corrected chi connectivity index (χ2v) is 6.71. The van der Waals surface area contributed by atoms with Crippen LogP contribution in [-0.2, 0) is 20.1 Å². The summed E-state index contributed by atoms with van der Waals surface area (Å²) in [7, 11) is 1.98. The van der Waals surface area contributed by atoms with E-state index in [1.165, 1.54) is 11.1 Å². The highest BCUT2D eigenvalue weighted by atomic mass is 32.1. The number of nitrogens with one attached hydrogen (secondary N) is 1. The topological polar surface area (TPSA) is 36.3 Å². The van der Waals surface area contributed by atoms with Crippen LogP contribution in [0.5, 0.6) is 0 Å². The Labute approximate surface area is 149 Å². The molecule has 0 amide bonds. The minimum Gasteiger partial charge on any atom is -0.358 e. The number of aryl methyl sites for hydroxylation is 2. The van der Waals surface area contributed by atoms with Crippen molar-refractivity contribution in [1.82, 2.24) is 24.9 Å². The summed E-state index contributed by atoms with van der Waals surface area (Å²) in [5.41, 5.74) is 3.70. The van der Waals surface area contributed by atoms with E-state index in [-0.39, 0.29) is 0 Å². The molecule has 0 spiro atoms. The molecule has 0 atom stereocenters. The first-order chi connectivity index (χ1) is 11.6. The molecule has 3 rings (SSSR count). The number of thiocarbonyl (C=S) groups is 1. The van der Waals surface area contributed by atoms with E-state index in [4.69, 9.17) is 12.2 Å². The van der Waals surface area contributed by atoms with Crippen molar-refractivity contribution >= 4 is 17.3 Å². The Morgan fingerprint density at radius 1 is 1.17 bits per heavy atom. The van der Waals surface area contributed by atoms with Gasteiger partial charge in [-0.15, -0.1) is 0 Å². The fourth-order valence-electron chi connectivity index (χ4n) is 3.04. The Morgan fingerprint density at radius 2 is 1.88 bits per heavy atom. The van der Waals surface area contributed by atoms with Crippen molar-refractivity contribution in [3.05, 3.63) is 53.3 Å². The molecule has 1 aromatic carbocycles. The number of piperazine rings is 1. The molecule has 0 saturated carbocycles. The van der Waals surface area contributed by atoms with Crippen molar-refractivity contribution in [3.8, 4) is 0 Å². The number of rotatable bonds is 4. The molecule has 1 aliphatic rings. The zero-order valence-electron chi connectivity index (χ0n) is 14.4. The molecule has 1 aliphatic heterocycles. The first-order valence-corrected chi connectivity index (χ1v) is 8.81. The van der Waals surface area contributed by atoms with Gasteiger partial charge in [-0.05, 0) is 24.7 Å². The maximum absolute atomic E-state index is 5.55. The fraction of sp³-hybridized carbons (Fsp3) is 0.444. The van der Waals surface area contributed by atoms with Crippen molar-refractivity contribution in [2.45, 2.75) is 20.0 Å². The summed E-state index contributed by atoms with van der Waals surface area (Å²) in [6, 6.07) is 10.4. The molecule has 5 nitrogen and oxygen atoms in total. The predicted octanol–water partition coefficient (Wildman–Crippen LogP) is 1.92. The number of nitrogens with zero attached hydrogens (tertiary/aromatic N) is 4. The number of hydrogen-bond acceptors (Lipinski definition) is 3. The molecule has 1 fully saturated rings. The van der Waals surface area contributed by atoms with Gasteiger partial charge >= 0.3 is 0 Å². The predicted molar refractivity (Wildman–Crippen MR) is 101 cm³/mol. The lowest BCUT2D eigenvalue weighted by molar-refractivity contribution is 0.174. The van der Waals surface area contributed by atoms with Gasteiger partial charge in [0.25, 0.3) is 0 Å². The van der Waals surface area contributed by atoms with Crippen LogP contribution in [0.1, 0.15) is 16.8 Å². The normalized spacial score (nSPS) is 15.5. The quantitative estimate of drug-likeness (QED) is 0.859. The first-order valence-electron chi connectivity index (χ1n) is 8.40. The molecule has 24 heavy (non-hydrogen) atoms. The lowest BCUT2D eigenvalue weighted by Crippen LogP contribution is -2.51. The smallest absolute Gasteiger partial charge is 0.169 e. The van der Waals surface area contributed by atoms with Gasteiger partial charge in [-0.3, -0.25) is 9.58 Å². The van der Waals surface area contributed by atoms with E-state index in [1.54, 1.807) is 0 Å². The Kier molecular flexibility index (Phi) is 5.48. The van der Waals surface area contributed by atoms with Gasteiger partial charge in [-0.2, -0.15) is 5.10 Å². The molecule has 1 saturated heterocycles. The van der Waals surface area contributed by atoms with Crippen molar-refractivity contribution < 1.29 is 0 Å². The lowest BCUT2D eigenvalue weighted by Gasteiger charge is -2.36. The fourth-order valence-corrected chi connectivity index (χ4v) is 3.29. The average molecular weight is 344 g/mol. The van der Waals surface area contributed by atoms with Gasteiger partial charge in [-0.25, -0.2) is 0 Å². The van der Waals surface area contributed by atoms with Crippen LogP contribution < -0.4 is 5.32 Å². The molecular weight excluding hydrogens is 318 g/mol. The molecule has 0 unspecified atom stereocenters. The van der Waals surface area contributed by atoms with E-state index in [0.717, 1.165) is 50.1 Å². The highest BCUT2D eigenvalue weighted by Gasteiger charge is 2.19. The minimum absolute atomic E-state index is 0.786. The van der Waals surface area contributed by atoms with E-state index in [9.17, 15) is 0 Å². The molecule has 128 valence electrons. The van der Waals surface area contributed by atoms with Crippen LogP contribution in [0.25, 0.3) is 0 Å². The maximum Gasteiger partial charge on any atom is 0.169 e. The summed E-state index contributed by atoms with van der Waals surface area (Å²) >= 11 is 5.55. The third-order valence-corrected chi connectivity index (χ3v) is 4.86. The molecule has 1 aromatic heterocycles. The van der Waals surface area contributed by atoms with E-state index in [0.29, 0.717) is 0 Å². The van der Waals surface area contributed by atoms with Gasteiger partial charge in [0.15, 0.2) is 5.11 Å². The largest absolute Gasteiger partial charge is 0.358 e. The van der Waals surface area contributed by atoms with E-state index in [1.807, 2.05) is 17.8 Å². The molecule has 1 N–H and O–H groups in total. The summed E-state index contributed by atoms with van der Waals surface area (Å²) in [6.45, 7) is 7.84. The number of aromatic nitrogens is 2. The Balaban J connectivity index is 1.44. The molecule has 0 radical (unpaired) electrons. The van der Waals surface area contributed by atoms with E-state index < -0.39 is 0 Å². The van der Waals surface area contributed by atoms with Crippen LogP contribution >= 0.6 is 12.2 Å². The van der Waals surface area contributed by atoms with Gasteiger partial charge in [0.1, 0.15) is 0 Å². The van der Waals surface area contributed by atoms with E-state index >= 15 is 0 Å². The van der Waals surface area contributed by atoms with Crippen molar-refractivity contribution in [2.75, 3.05) is 26.2 Å². The second kappa shape index (κ2) is 7.77. The van der Waals surface area contributed by atoms with Crippen molar-refractivity contribution in [1.29, 1.82) is 0 Å². The van der Waals surface area contributed by atoms with E-state index in [2.05, 4.69) is 57.6 Å². The van der Waals surface area contributed by atoms with Gasteiger partial charge in [0, 0.05) is 58.1 Å². The summed E-state index contributed by atoms with van der Waals surface area (Å²) in [5.74, 6) is 0. The molecule has 2 aromatic rings. The zero-order valence-corrected chi connectivity index (χ0v) is 15.2. The first kappa shape index (κ1) is 16.9. The van der Waals surface area contributed by atoms with Crippen LogP contribution in [0.4, 0.5) is 0 Å². The van der Waals surface area contributed by atoms with Gasteiger partial charge in [-0.1, -0.05) is 30.3 Å². The zero-order chi connectivity index (χ0) is 16.9. The summed E-state index contributed by atoms with van der Waals surface area (Å²) in [6.07, 6.45) is 2.12. The average Bonchev–Trinajstić information content (AvgIpc) is 2.91. The molecule has 2 heterocycles. The maximum atomic E-state index is 5.55. The number of hydrogen-bond donors (Lipinski definition) is 1. The third kappa shape index (κ3) is 4.33. The molecule has 0 bridgehead atoms. The second-order valence-electron chi connectivity index (χ2n) is 6.32. The molecular formula is C18H25N5S.